The summed E-state index contributed by atoms with van der Waals surface area (Å²) in [6, 6.07) is 13.8. The van der Waals surface area contributed by atoms with Crippen LogP contribution in [0, 0.1) is 5.82 Å². The zero-order valence-corrected chi connectivity index (χ0v) is 12.9. The van der Waals surface area contributed by atoms with Gasteiger partial charge in [0.05, 0.1) is 5.56 Å². The summed E-state index contributed by atoms with van der Waals surface area (Å²) in [7, 11) is 0. The summed E-state index contributed by atoms with van der Waals surface area (Å²) in [6.07, 6.45) is 0.589. The van der Waals surface area contributed by atoms with E-state index in [1.807, 2.05) is 30.3 Å². The fourth-order valence-electron chi connectivity index (χ4n) is 1.97. The van der Waals surface area contributed by atoms with Gasteiger partial charge in [0.25, 0.3) is 5.91 Å². The van der Waals surface area contributed by atoms with Crippen LogP contribution in [-0.4, -0.2) is 12.5 Å². The van der Waals surface area contributed by atoms with E-state index in [1.54, 1.807) is 6.07 Å². The predicted octanol–water partition coefficient (Wildman–Crippen LogP) is 3.41. The van der Waals surface area contributed by atoms with Gasteiger partial charge < -0.3 is 11.1 Å². The second kappa shape index (κ2) is 7.33. The first-order valence-corrected chi connectivity index (χ1v) is 7.41. The van der Waals surface area contributed by atoms with Crippen molar-refractivity contribution in [3.63, 3.8) is 0 Å². The molecule has 0 aliphatic carbocycles. The third kappa shape index (κ3) is 4.37. The average Bonchev–Trinajstić information content (AvgIpc) is 2.50. The van der Waals surface area contributed by atoms with Crippen LogP contribution >= 0.6 is 15.9 Å². The number of halogens is 2. The Hall–Kier alpha value is -1.72. The molecule has 1 atom stereocenters. The van der Waals surface area contributed by atoms with Crippen LogP contribution in [-0.2, 0) is 0 Å². The largest absolute Gasteiger partial charge is 0.352 e. The molecular weight excluding hydrogens is 335 g/mol. The number of nitrogens with two attached hydrogens (primary N) is 1. The number of nitrogens with one attached hydrogen (secondary N) is 1. The lowest BCUT2D eigenvalue weighted by molar-refractivity contribution is 0.0948. The van der Waals surface area contributed by atoms with Crippen molar-refractivity contribution in [2.75, 3.05) is 6.54 Å². The van der Waals surface area contributed by atoms with Gasteiger partial charge in [0.2, 0.25) is 0 Å². The lowest BCUT2D eigenvalue weighted by Gasteiger charge is -2.12. The van der Waals surface area contributed by atoms with Gasteiger partial charge in [0.15, 0.2) is 0 Å². The maximum atomic E-state index is 13.6. The van der Waals surface area contributed by atoms with Crippen LogP contribution in [0.2, 0.25) is 0 Å². The van der Waals surface area contributed by atoms with Crippen molar-refractivity contribution >= 4 is 21.8 Å². The SMILES string of the molecule is NC(CCNC(=O)c1cc(Br)ccc1F)c1ccccc1. The molecule has 3 N–H and O–H groups in total. The Balaban J connectivity index is 1.88. The molecule has 0 bridgehead atoms. The molecule has 0 fully saturated rings. The van der Waals surface area contributed by atoms with Gasteiger partial charge in [-0.25, -0.2) is 4.39 Å². The first-order chi connectivity index (χ1) is 10.1. The van der Waals surface area contributed by atoms with E-state index in [-0.39, 0.29) is 11.6 Å². The molecule has 0 radical (unpaired) electrons. The minimum atomic E-state index is -0.539. The summed E-state index contributed by atoms with van der Waals surface area (Å²) < 4.78 is 14.2. The van der Waals surface area contributed by atoms with E-state index >= 15 is 0 Å². The predicted molar refractivity (Wildman–Crippen MR) is 84.4 cm³/mol. The minimum Gasteiger partial charge on any atom is -0.352 e. The molecule has 0 aliphatic rings. The van der Waals surface area contributed by atoms with Crippen molar-refractivity contribution in [2.24, 2.45) is 5.73 Å². The zero-order valence-electron chi connectivity index (χ0n) is 11.4. The Morgan fingerprint density at radius 2 is 1.95 bits per heavy atom. The molecule has 2 rings (SSSR count). The topological polar surface area (TPSA) is 55.1 Å². The Kier molecular flexibility index (Phi) is 5.47. The molecule has 1 unspecified atom stereocenters. The number of carbonyl (C=O) groups is 1. The number of amides is 1. The van der Waals surface area contributed by atoms with E-state index in [1.165, 1.54) is 12.1 Å². The number of rotatable bonds is 5. The van der Waals surface area contributed by atoms with Crippen molar-refractivity contribution in [1.29, 1.82) is 0 Å². The lowest BCUT2D eigenvalue weighted by Crippen LogP contribution is -2.28. The van der Waals surface area contributed by atoms with Gasteiger partial charge >= 0.3 is 0 Å². The third-order valence-electron chi connectivity index (χ3n) is 3.14. The van der Waals surface area contributed by atoms with Gasteiger partial charge in [-0.3, -0.25) is 4.79 Å². The molecular formula is C16H16BrFN2O. The van der Waals surface area contributed by atoms with Crippen LogP contribution < -0.4 is 11.1 Å². The Morgan fingerprint density at radius 3 is 2.67 bits per heavy atom. The van der Waals surface area contributed by atoms with Crippen molar-refractivity contribution < 1.29 is 9.18 Å². The molecule has 21 heavy (non-hydrogen) atoms. The monoisotopic (exact) mass is 350 g/mol. The molecule has 0 spiro atoms. The van der Waals surface area contributed by atoms with Crippen molar-refractivity contribution in [3.05, 3.63) is 69.9 Å². The number of hydrogen-bond donors (Lipinski definition) is 2. The third-order valence-corrected chi connectivity index (χ3v) is 3.63. The molecule has 2 aromatic carbocycles. The Bertz CT molecular complexity index is 619. The van der Waals surface area contributed by atoms with Gasteiger partial charge in [0, 0.05) is 17.1 Å². The highest BCUT2D eigenvalue weighted by Crippen LogP contribution is 2.16. The molecule has 1 amide bonds. The highest BCUT2D eigenvalue weighted by atomic mass is 79.9. The average molecular weight is 351 g/mol. The fraction of sp³-hybridized carbons (Fsp3) is 0.188. The zero-order chi connectivity index (χ0) is 15.2. The van der Waals surface area contributed by atoms with Gasteiger partial charge in [-0.05, 0) is 30.2 Å². The van der Waals surface area contributed by atoms with E-state index < -0.39 is 11.7 Å². The molecule has 0 saturated heterocycles. The van der Waals surface area contributed by atoms with Crippen LogP contribution in [0.5, 0.6) is 0 Å². The maximum absolute atomic E-state index is 13.6. The van der Waals surface area contributed by atoms with Crippen molar-refractivity contribution in [1.82, 2.24) is 5.32 Å². The molecule has 0 aliphatic heterocycles. The molecule has 110 valence electrons. The quantitative estimate of drug-likeness (QED) is 0.868. The Morgan fingerprint density at radius 1 is 1.24 bits per heavy atom. The second-order valence-electron chi connectivity index (χ2n) is 4.69. The first-order valence-electron chi connectivity index (χ1n) is 6.61. The summed E-state index contributed by atoms with van der Waals surface area (Å²) in [6.45, 7) is 0.390. The molecule has 2 aromatic rings. The van der Waals surface area contributed by atoms with Crippen LogP contribution in [0.15, 0.2) is 53.0 Å². The van der Waals surface area contributed by atoms with E-state index in [2.05, 4.69) is 21.2 Å². The van der Waals surface area contributed by atoms with Gasteiger partial charge in [-0.2, -0.15) is 0 Å². The standard InChI is InChI=1S/C16H16BrFN2O/c17-12-6-7-14(18)13(10-12)16(21)20-9-8-15(19)11-4-2-1-3-5-11/h1-7,10,15H,8-9,19H2,(H,20,21). The maximum Gasteiger partial charge on any atom is 0.254 e. The van der Waals surface area contributed by atoms with E-state index in [4.69, 9.17) is 5.73 Å². The van der Waals surface area contributed by atoms with Crippen molar-refractivity contribution in [3.8, 4) is 0 Å². The highest BCUT2D eigenvalue weighted by molar-refractivity contribution is 9.10. The van der Waals surface area contributed by atoms with Crippen molar-refractivity contribution in [2.45, 2.75) is 12.5 Å². The summed E-state index contributed by atoms with van der Waals surface area (Å²) in [5.41, 5.74) is 7.08. The molecule has 0 aromatic heterocycles. The summed E-state index contributed by atoms with van der Waals surface area (Å²) in [5.74, 6) is -0.975. The minimum absolute atomic E-state index is 0.0256. The summed E-state index contributed by atoms with van der Waals surface area (Å²) >= 11 is 3.22. The van der Waals surface area contributed by atoms with Crippen LogP contribution in [0.3, 0.4) is 0 Å². The normalized spacial score (nSPS) is 12.0. The number of carbonyl (C=O) groups excluding carboxylic acids is 1. The van der Waals surface area contributed by atoms with Gasteiger partial charge in [-0.15, -0.1) is 0 Å². The molecule has 5 heteroatoms. The van der Waals surface area contributed by atoms with Gasteiger partial charge in [-0.1, -0.05) is 46.3 Å². The molecule has 0 heterocycles. The second-order valence-corrected chi connectivity index (χ2v) is 5.60. The van der Waals surface area contributed by atoms with E-state index in [9.17, 15) is 9.18 Å². The van der Waals surface area contributed by atoms with Crippen LogP contribution in [0.1, 0.15) is 28.4 Å². The molecule has 0 saturated carbocycles. The first kappa shape index (κ1) is 15.7. The lowest BCUT2D eigenvalue weighted by atomic mass is 10.0. The number of benzene rings is 2. The smallest absolute Gasteiger partial charge is 0.254 e. The van der Waals surface area contributed by atoms with Crippen LogP contribution in [0.25, 0.3) is 0 Å². The number of hydrogen-bond acceptors (Lipinski definition) is 2. The van der Waals surface area contributed by atoms with E-state index in [0.29, 0.717) is 17.4 Å². The summed E-state index contributed by atoms with van der Waals surface area (Å²) in [4.78, 5) is 11.9. The van der Waals surface area contributed by atoms with Crippen LogP contribution in [0.4, 0.5) is 4.39 Å². The Labute approximate surface area is 131 Å². The van der Waals surface area contributed by atoms with Gasteiger partial charge in [0.1, 0.15) is 5.82 Å². The van der Waals surface area contributed by atoms with E-state index in [0.717, 1.165) is 5.56 Å². The summed E-state index contributed by atoms with van der Waals surface area (Å²) in [5, 5.41) is 2.69. The molecule has 3 nitrogen and oxygen atoms in total. The highest BCUT2D eigenvalue weighted by Gasteiger charge is 2.12. The fourth-order valence-corrected chi connectivity index (χ4v) is 2.34.